The molecule has 2 rings (SSSR count). The minimum absolute atomic E-state index is 0.0809. The molecule has 2 unspecified atom stereocenters. The molecule has 4 nitrogen and oxygen atoms in total. The number of hydrazine groups is 1. The molecule has 0 bridgehead atoms. The van der Waals surface area contributed by atoms with Crippen LogP contribution in [0.5, 0.6) is 0 Å². The van der Waals surface area contributed by atoms with Crippen LogP contribution in [0.1, 0.15) is 32.6 Å². The number of furan rings is 1. The highest BCUT2D eigenvalue weighted by atomic mass is 35.5. The molecule has 0 amide bonds. The highest BCUT2D eigenvalue weighted by Crippen LogP contribution is 2.34. The number of halogens is 1. The molecule has 0 saturated carbocycles. The molecule has 2 aromatic rings. The number of rotatable bonds is 4. The second-order valence-corrected chi connectivity index (χ2v) is 6.43. The molecular weight excluding hydrogens is 276 g/mol. The van der Waals surface area contributed by atoms with Crippen molar-refractivity contribution in [3.05, 3.63) is 35.0 Å². The molecule has 1 aromatic heterocycles. The third-order valence-electron chi connectivity index (χ3n) is 3.39. The predicted octanol–water partition coefficient (Wildman–Crippen LogP) is 3.65. The summed E-state index contributed by atoms with van der Waals surface area (Å²) in [5, 5.41) is 1.64. The fourth-order valence-corrected chi connectivity index (χ4v) is 2.68. The first-order valence-electron chi connectivity index (χ1n) is 6.54. The summed E-state index contributed by atoms with van der Waals surface area (Å²) in [7, 11) is 1.68. The largest absolute Gasteiger partial charge is 0.459 e. The van der Waals surface area contributed by atoms with E-state index in [9.17, 15) is 0 Å². The maximum Gasteiger partial charge on any atom is 0.134 e. The summed E-state index contributed by atoms with van der Waals surface area (Å²) in [6.07, 6.45) is -0.122. The van der Waals surface area contributed by atoms with Gasteiger partial charge in [0, 0.05) is 17.5 Å². The van der Waals surface area contributed by atoms with Gasteiger partial charge < -0.3 is 9.15 Å². The van der Waals surface area contributed by atoms with Crippen molar-refractivity contribution in [1.82, 2.24) is 5.43 Å². The smallest absolute Gasteiger partial charge is 0.134 e. The SMILES string of the molecule is COC(C(NN)c1cc2cc(Cl)ccc2o1)C(C)(C)C. The molecule has 3 N–H and O–H groups in total. The maximum absolute atomic E-state index is 6.00. The molecule has 1 aromatic carbocycles. The van der Waals surface area contributed by atoms with Crippen LogP contribution in [0.4, 0.5) is 0 Å². The molecule has 0 aliphatic carbocycles. The molecule has 5 heteroatoms. The average molecular weight is 297 g/mol. The Balaban J connectivity index is 2.43. The van der Waals surface area contributed by atoms with Crippen molar-refractivity contribution in [2.45, 2.75) is 32.9 Å². The number of nitrogens with two attached hydrogens (primary N) is 1. The lowest BCUT2D eigenvalue weighted by atomic mass is 9.84. The standard InChI is InChI=1S/C15H21ClN2O2/c1-15(2,3)14(19-4)13(18-17)12-8-9-7-10(16)5-6-11(9)20-12/h5-8,13-14,18H,17H2,1-4H3. The first-order valence-corrected chi connectivity index (χ1v) is 6.92. The van der Waals surface area contributed by atoms with Crippen LogP contribution < -0.4 is 11.3 Å². The third-order valence-corrected chi connectivity index (χ3v) is 3.63. The van der Waals surface area contributed by atoms with Gasteiger partial charge in [0.05, 0.1) is 6.10 Å². The lowest BCUT2D eigenvalue weighted by Gasteiger charge is -2.34. The van der Waals surface area contributed by atoms with Gasteiger partial charge in [0.25, 0.3) is 0 Å². The van der Waals surface area contributed by atoms with Gasteiger partial charge in [-0.15, -0.1) is 0 Å². The number of fused-ring (bicyclic) bond motifs is 1. The third kappa shape index (κ3) is 2.99. The molecule has 0 aliphatic heterocycles. The number of nitrogens with one attached hydrogen (secondary N) is 1. The molecule has 0 aliphatic rings. The van der Waals surface area contributed by atoms with Crippen molar-refractivity contribution >= 4 is 22.6 Å². The van der Waals surface area contributed by atoms with E-state index in [1.807, 2.05) is 18.2 Å². The van der Waals surface area contributed by atoms with Crippen LogP contribution in [0, 0.1) is 5.41 Å². The topological polar surface area (TPSA) is 60.4 Å². The van der Waals surface area contributed by atoms with E-state index in [-0.39, 0.29) is 17.6 Å². The molecule has 20 heavy (non-hydrogen) atoms. The number of methoxy groups -OCH3 is 1. The molecule has 1 heterocycles. The number of benzene rings is 1. The van der Waals surface area contributed by atoms with E-state index < -0.39 is 0 Å². The summed E-state index contributed by atoms with van der Waals surface area (Å²) >= 11 is 6.00. The van der Waals surface area contributed by atoms with Crippen LogP contribution in [0.3, 0.4) is 0 Å². The lowest BCUT2D eigenvalue weighted by Crippen LogP contribution is -2.44. The Morgan fingerprint density at radius 2 is 2.00 bits per heavy atom. The first kappa shape index (κ1) is 15.3. The second-order valence-electron chi connectivity index (χ2n) is 6.00. The minimum atomic E-state index is -0.230. The fraction of sp³-hybridized carbons (Fsp3) is 0.467. The van der Waals surface area contributed by atoms with Gasteiger partial charge in [-0.2, -0.15) is 0 Å². The van der Waals surface area contributed by atoms with Crippen LogP contribution in [-0.2, 0) is 4.74 Å². The molecule has 0 radical (unpaired) electrons. The van der Waals surface area contributed by atoms with E-state index in [0.29, 0.717) is 5.02 Å². The van der Waals surface area contributed by atoms with E-state index in [1.165, 1.54) is 0 Å². The summed E-state index contributed by atoms with van der Waals surface area (Å²) in [6, 6.07) is 7.25. The second kappa shape index (κ2) is 5.74. The van der Waals surface area contributed by atoms with E-state index in [0.717, 1.165) is 16.7 Å². The van der Waals surface area contributed by atoms with Gasteiger partial charge in [0.2, 0.25) is 0 Å². The monoisotopic (exact) mass is 296 g/mol. The van der Waals surface area contributed by atoms with Crippen LogP contribution >= 0.6 is 11.6 Å². The van der Waals surface area contributed by atoms with E-state index in [2.05, 4.69) is 26.2 Å². The van der Waals surface area contributed by atoms with E-state index in [1.54, 1.807) is 13.2 Å². The zero-order chi connectivity index (χ0) is 14.9. The van der Waals surface area contributed by atoms with Crippen molar-refractivity contribution in [3.8, 4) is 0 Å². The Labute approximate surface area is 124 Å². The Hall–Kier alpha value is -1.07. The number of hydrogen-bond donors (Lipinski definition) is 2. The van der Waals surface area contributed by atoms with Crippen molar-refractivity contribution < 1.29 is 9.15 Å². The van der Waals surface area contributed by atoms with Crippen molar-refractivity contribution in [3.63, 3.8) is 0 Å². The Morgan fingerprint density at radius 1 is 1.30 bits per heavy atom. The summed E-state index contributed by atoms with van der Waals surface area (Å²) in [5.74, 6) is 6.46. The highest BCUT2D eigenvalue weighted by molar-refractivity contribution is 6.31. The molecule has 0 saturated heterocycles. The average Bonchev–Trinajstić information content (AvgIpc) is 2.76. The van der Waals surface area contributed by atoms with Gasteiger partial charge in [0.1, 0.15) is 17.4 Å². The quantitative estimate of drug-likeness (QED) is 0.668. The molecular formula is C15H21ClN2O2. The Morgan fingerprint density at radius 3 is 2.55 bits per heavy atom. The molecule has 0 fully saturated rings. The van der Waals surface area contributed by atoms with Gasteiger partial charge >= 0.3 is 0 Å². The van der Waals surface area contributed by atoms with Crippen LogP contribution in [0.15, 0.2) is 28.7 Å². The van der Waals surface area contributed by atoms with Crippen molar-refractivity contribution in [1.29, 1.82) is 0 Å². The van der Waals surface area contributed by atoms with Crippen molar-refractivity contribution in [2.75, 3.05) is 7.11 Å². The molecule has 110 valence electrons. The van der Waals surface area contributed by atoms with Gasteiger partial charge in [-0.3, -0.25) is 5.84 Å². The fourth-order valence-electron chi connectivity index (χ4n) is 2.50. The van der Waals surface area contributed by atoms with Gasteiger partial charge in [-0.05, 0) is 29.7 Å². The van der Waals surface area contributed by atoms with Crippen LogP contribution in [0.2, 0.25) is 5.02 Å². The van der Waals surface area contributed by atoms with Gasteiger partial charge in [-0.1, -0.05) is 32.4 Å². The maximum atomic E-state index is 6.00. The summed E-state index contributed by atoms with van der Waals surface area (Å²) in [5.41, 5.74) is 3.50. The zero-order valence-electron chi connectivity index (χ0n) is 12.2. The summed E-state index contributed by atoms with van der Waals surface area (Å²) < 4.78 is 11.5. The summed E-state index contributed by atoms with van der Waals surface area (Å²) in [4.78, 5) is 0. The van der Waals surface area contributed by atoms with E-state index in [4.69, 9.17) is 26.6 Å². The van der Waals surface area contributed by atoms with E-state index >= 15 is 0 Å². The molecule has 0 spiro atoms. The number of ether oxygens (including phenoxy) is 1. The van der Waals surface area contributed by atoms with Gasteiger partial charge in [-0.25, -0.2) is 5.43 Å². The van der Waals surface area contributed by atoms with Crippen molar-refractivity contribution in [2.24, 2.45) is 11.3 Å². The van der Waals surface area contributed by atoms with Gasteiger partial charge in [0.15, 0.2) is 0 Å². The summed E-state index contributed by atoms with van der Waals surface area (Å²) in [6.45, 7) is 6.31. The predicted molar refractivity (Wildman–Crippen MR) is 81.5 cm³/mol. The Kier molecular flexibility index (Phi) is 4.39. The Bertz CT molecular complexity index is 589. The van der Waals surface area contributed by atoms with Crippen LogP contribution in [-0.4, -0.2) is 13.2 Å². The molecule has 2 atom stereocenters. The minimum Gasteiger partial charge on any atom is -0.459 e. The lowest BCUT2D eigenvalue weighted by molar-refractivity contribution is -0.0167. The zero-order valence-corrected chi connectivity index (χ0v) is 13.0. The first-order chi connectivity index (χ1) is 9.36. The van der Waals surface area contributed by atoms with Crippen LogP contribution in [0.25, 0.3) is 11.0 Å². The normalized spacial score (nSPS) is 15.5. The highest BCUT2D eigenvalue weighted by Gasteiger charge is 2.34. The number of hydrogen-bond acceptors (Lipinski definition) is 4.